The number of aryl methyl sites for hydroxylation is 2. The third-order valence-electron chi connectivity index (χ3n) is 4.02. The van der Waals surface area contributed by atoms with Gasteiger partial charge in [-0.2, -0.15) is 5.10 Å². The third kappa shape index (κ3) is 3.59. The number of aromatic nitrogens is 2. The van der Waals surface area contributed by atoms with Crippen molar-refractivity contribution in [1.29, 1.82) is 0 Å². The minimum atomic E-state index is -0.191. The van der Waals surface area contributed by atoms with Gasteiger partial charge in [0.15, 0.2) is 0 Å². The number of rotatable bonds is 6. The average Bonchev–Trinajstić information content (AvgIpc) is 2.93. The van der Waals surface area contributed by atoms with Gasteiger partial charge in [0.2, 0.25) is 0 Å². The summed E-state index contributed by atoms with van der Waals surface area (Å²) in [6.07, 6.45) is 1.66. The lowest BCUT2D eigenvalue weighted by molar-refractivity contribution is 0.167. The van der Waals surface area contributed by atoms with Crippen molar-refractivity contribution < 1.29 is 5.11 Å². The molecule has 2 atom stereocenters. The highest BCUT2D eigenvalue weighted by atomic mass is 16.3. The summed E-state index contributed by atoms with van der Waals surface area (Å²) in [5, 5.41) is 14.6. The van der Waals surface area contributed by atoms with Gasteiger partial charge in [0.05, 0.1) is 17.5 Å². The Morgan fingerprint density at radius 3 is 2.75 bits per heavy atom. The van der Waals surface area contributed by atoms with E-state index in [2.05, 4.69) is 53.6 Å². The molecule has 5 nitrogen and oxygen atoms in total. The zero-order chi connectivity index (χ0) is 14.7. The normalized spacial score (nSPS) is 23.9. The highest BCUT2D eigenvalue weighted by Crippen LogP contribution is 2.21. The highest BCUT2D eigenvalue weighted by molar-refractivity contribution is 5.11. The molecule has 1 aliphatic rings. The summed E-state index contributed by atoms with van der Waals surface area (Å²) >= 11 is 0. The fourth-order valence-electron chi connectivity index (χ4n) is 3.06. The Kier molecular flexibility index (Phi) is 5.18. The lowest BCUT2D eigenvalue weighted by atomic mass is 10.2. The van der Waals surface area contributed by atoms with Crippen LogP contribution in [0.3, 0.4) is 0 Å². The minimum Gasteiger partial charge on any atom is -0.392 e. The second-order valence-corrected chi connectivity index (χ2v) is 6.03. The predicted octanol–water partition coefficient (Wildman–Crippen LogP) is 0.962. The molecule has 1 aromatic heterocycles. The standard InChI is InChI=1S/C15H28N4O/c1-5-12-7-14(19(6-2)16-12)10-18-11-15(20)8-13(18)9-17(3)4/h7,13,15,20H,5-6,8-11H2,1-4H3. The molecule has 0 bridgehead atoms. The van der Waals surface area contributed by atoms with Gasteiger partial charge in [-0.3, -0.25) is 9.58 Å². The molecule has 0 radical (unpaired) electrons. The van der Waals surface area contributed by atoms with Crippen LogP contribution in [0.2, 0.25) is 0 Å². The van der Waals surface area contributed by atoms with Crippen molar-refractivity contribution >= 4 is 0 Å². The summed E-state index contributed by atoms with van der Waals surface area (Å²) in [7, 11) is 4.18. The topological polar surface area (TPSA) is 44.5 Å². The van der Waals surface area contributed by atoms with Crippen molar-refractivity contribution in [1.82, 2.24) is 19.6 Å². The summed E-state index contributed by atoms with van der Waals surface area (Å²) in [6, 6.07) is 2.64. The molecule has 2 heterocycles. The van der Waals surface area contributed by atoms with Crippen LogP contribution in [0.5, 0.6) is 0 Å². The van der Waals surface area contributed by atoms with E-state index >= 15 is 0 Å². The SMILES string of the molecule is CCc1cc(CN2CC(O)CC2CN(C)C)n(CC)n1. The van der Waals surface area contributed by atoms with Crippen molar-refractivity contribution in [2.75, 3.05) is 27.2 Å². The van der Waals surface area contributed by atoms with Crippen LogP contribution in [0.4, 0.5) is 0 Å². The first-order chi connectivity index (χ1) is 9.53. The molecule has 2 rings (SSSR count). The number of β-amino-alcohol motifs (C(OH)–C–C–N with tert-alkyl or cyclic N) is 1. The van der Waals surface area contributed by atoms with Gasteiger partial charge in [-0.1, -0.05) is 6.92 Å². The highest BCUT2D eigenvalue weighted by Gasteiger charge is 2.31. The summed E-state index contributed by atoms with van der Waals surface area (Å²) in [5.74, 6) is 0. The smallest absolute Gasteiger partial charge is 0.0682 e. The van der Waals surface area contributed by atoms with Gasteiger partial charge in [-0.15, -0.1) is 0 Å². The molecule has 0 aromatic carbocycles. The van der Waals surface area contributed by atoms with E-state index in [1.165, 1.54) is 5.69 Å². The van der Waals surface area contributed by atoms with E-state index in [1.54, 1.807) is 0 Å². The summed E-state index contributed by atoms with van der Waals surface area (Å²) in [6.45, 7) is 7.83. The van der Waals surface area contributed by atoms with Crippen LogP contribution in [-0.4, -0.2) is 64.0 Å². The molecule has 0 spiro atoms. The molecule has 1 fully saturated rings. The van der Waals surface area contributed by atoms with Gasteiger partial charge >= 0.3 is 0 Å². The van der Waals surface area contributed by atoms with Crippen molar-refractivity contribution in [2.24, 2.45) is 0 Å². The van der Waals surface area contributed by atoms with Crippen LogP contribution in [0, 0.1) is 0 Å². The fourth-order valence-corrected chi connectivity index (χ4v) is 3.06. The molecule has 1 aromatic rings. The molecule has 2 unspecified atom stereocenters. The number of hydrogen-bond donors (Lipinski definition) is 1. The molecule has 20 heavy (non-hydrogen) atoms. The Hall–Kier alpha value is -0.910. The molecular weight excluding hydrogens is 252 g/mol. The maximum Gasteiger partial charge on any atom is 0.0682 e. The number of likely N-dealkylation sites (N-methyl/N-ethyl adjacent to an activating group) is 1. The Balaban J connectivity index is 2.09. The molecule has 114 valence electrons. The lowest BCUT2D eigenvalue weighted by Gasteiger charge is -2.26. The van der Waals surface area contributed by atoms with Gasteiger partial charge in [0.25, 0.3) is 0 Å². The number of likely N-dealkylation sites (tertiary alicyclic amines) is 1. The van der Waals surface area contributed by atoms with Crippen LogP contribution in [0.1, 0.15) is 31.7 Å². The summed E-state index contributed by atoms with van der Waals surface area (Å²) < 4.78 is 2.09. The van der Waals surface area contributed by atoms with Crippen molar-refractivity contribution in [3.63, 3.8) is 0 Å². The minimum absolute atomic E-state index is 0.191. The molecule has 1 aliphatic heterocycles. The number of hydrogen-bond acceptors (Lipinski definition) is 4. The molecule has 0 saturated carbocycles. The van der Waals surface area contributed by atoms with E-state index in [0.717, 1.165) is 44.7 Å². The number of aliphatic hydroxyl groups excluding tert-OH is 1. The Labute approximate surface area is 122 Å². The zero-order valence-electron chi connectivity index (χ0n) is 13.2. The van der Waals surface area contributed by atoms with Gasteiger partial charge in [0, 0.05) is 32.2 Å². The first-order valence-corrected chi connectivity index (χ1v) is 7.65. The van der Waals surface area contributed by atoms with Crippen molar-refractivity contribution in [3.05, 3.63) is 17.5 Å². The first kappa shape index (κ1) is 15.5. The number of aliphatic hydroxyl groups is 1. The molecule has 0 aliphatic carbocycles. The van der Waals surface area contributed by atoms with Crippen LogP contribution >= 0.6 is 0 Å². The second-order valence-electron chi connectivity index (χ2n) is 6.03. The maximum absolute atomic E-state index is 9.96. The second kappa shape index (κ2) is 6.70. The summed E-state index contributed by atoms with van der Waals surface area (Å²) in [4.78, 5) is 4.59. The molecule has 5 heteroatoms. The van der Waals surface area contributed by atoms with E-state index in [9.17, 15) is 5.11 Å². The largest absolute Gasteiger partial charge is 0.392 e. The van der Waals surface area contributed by atoms with E-state index in [0.29, 0.717) is 6.04 Å². The Bertz CT molecular complexity index is 430. The molecule has 1 N–H and O–H groups in total. The van der Waals surface area contributed by atoms with E-state index in [1.807, 2.05) is 0 Å². The maximum atomic E-state index is 9.96. The quantitative estimate of drug-likeness (QED) is 0.843. The average molecular weight is 280 g/mol. The fraction of sp³-hybridized carbons (Fsp3) is 0.800. The van der Waals surface area contributed by atoms with Gasteiger partial charge in [-0.05, 0) is 39.9 Å². The van der Waals surface area contributed by atoms with E-state index in [4.69, 9.17) is 0 Å². The lowest BCUT2D eigenvalue weighted by Crippen LogP contribution is -2.37. The number of nitrogens with zero attached hydrogens (tertiary/aromatic N) is 4. The third-order valence-corrected chi connectivity index (χ3v) is 4.02. The molecular formula is C15H28N4O. The summed E-state index contributed by atoms with van der Waals surface area (Å²) in [5.41, 5.74) is 2.42. The first-order valence-electron chi connectivity index (χ1n) is 7.65. The van der Waals surface area contributed by atoms with Crippen LogP contribution in [-0.2, 0) is 19.5 Å². The Morgan fingerprint density at radius 1 is 1.40 bits per heavy atom. The monoisotopic (exact) mass is 280 g/mol. The van der Waals surface area contributed by atoms with Gasteiger partial charge < -0.3 is 10.0 Å². The Morgan fingerprint density at radius 2 is 2.15 bits per heavy atom. The van der Waals surface area contributed by atoms with Gasteiger partial charge in [-0.25, -0.2) is 0 Å². The van der Waals surface area contributed by atoms with Crippen LogP contribution < -0.4 is 0 Å². The van der Waals surface area contributed by atoms with Crippen LogP contribution in [0.15, 0.2) is 6.07 Å². The molecule has 1 saturated heterocycles. The van der Waals surface area contributed by atoms with Crippen molar-refractivity contribution in [3.8, 4) is 0 Å². The van der Waals surface area contributed by atoms with Crippen LogP contribution in [0.25, 0.3) is 0 Å². The molecule has 0 amide bonds. The zero-order valence-corrected chi connectivity index (χ0v) is 13.2. The predicted molar refractivity (Wildman–Crippen MR) is 80.7 cm³/mol. The van der Waals surface area contributed by atoms with E-state index in [-0.39, 0.29) is 6.10 Å². The van der Waals surface area contributed by atoms with E-state index < -0.39 is 0 Å². The van der Waals surface area contributed by atoms with Gasteiger partial charge in [0.1, 0.15) is 0 Å². The van der Waals surface area contributed by atoms with Crippen molar-refractivity contribution in [2.45, 2.75) is 51.9 Å².